The maximum Gasteiger partial charge on any atom is 0.0555 e. The fraction of sp³-hybridized carbons (Fsp3) is 0.667. The van der Waals surface area contributed by atoms with Gasteiger partial charge in [-0.15, -0.1) is 0 Å². The van der Waals surface area contributed by atoms with Gasteiger partial charge in [-0.1, -0.05) is 26.0 Å². The molecule has 2 N–H and O–H groups in total. The van der Waals surface area contributed by atoms with E-state index < -0.39 is 0 Å². The van der Waals surface area contributed by atoms with E-state index in [-0.39, 0.29) is 6.10 Å². The Kier molecular flexibility index (Phi) is 10.6. The molecule has 0 fully saturated rings. The predicted molar refractivity (Wildman–Crippen MR) is 80.0 cm³/mol. The summed E-state index contributed by atoms with van der Waals surface area (Å²) in [6.45, 7) is 8.71. The minimum absolute atomic E-state index is 0.212. The highest BCUT2D eigenvalue weighted by molar-refractivity contribution is 5.29. The molecule has 0 amide bonds. The number of nitrogens with zero attached hydrogens (tertiary/aromatic N) is 1. The first-order valence-corrected chi connectivity index (χ1v) is 6.80. The van der Waals surface area contributed by atoms with Gasteiger partial charge in [0.1, 0.15) is 0 Å². The average molecular weight is 252 g/mol. The zero-order valence-corrected chi connectivity index (χ0v) is 12.0. The van der Waals surface area contributed by atoms with Crippen LogP contribution in [0.15, 0.2) is 28.9 Å². The quantitative estimate of drug-likeness (QED) is 0.464. The topological polar surface area (TPSA) is 44.6 Å². The number of aliphatic hydroxyl groups excluding tert-OH is 1. The lowest BCUT2D eigenvalue weighted by molar-refractivity contribution is 0.156. The fourth-order valence-electron chi connectivity index (χ4n) is 1.64. The maximum absolute atomic E-state index is 9.69. The smallest absolute Gasteiger partial charge is 0.0555 e. The standard InChI is InChI=1S/C15H28N2O/c1-5-13(2)14(12-17-4)8-6-7-9-15(18)10-11-16-3/h6,8,12-13,15-16,18H,4-5,7,9-11H2,1-3H3/b8-6-,14-12+. The Hall–Kier alpha value is -0.930. The van der Waals surface area contributed by atoms with Crippen LogP contribution in [0.3, 0.4) is 0 Å². The van der Waals surface area contributed by atoms with Gasteiger partial charge in [0.2, 0.25) is 0 Å². The molecule has 0 heterocycles. The highest BCUT2D eigenvalue weighted by atomic mass is 16.3. The van der Waals surface area contributed by atoms with Crippen molar-refractivity contribution in [1.29, 1.82) is 0 Å². The lowest BCUT2D eigenvalue weighted by atomic mass is 9.98. The normalized spacial score (nSPS) is 15.9. The van der Waals surface area contributed by atoms with Gasteiger partial charge >= 0.3 is 0 Å². The number of allylic oxidation sites excluding steroid dienone is 3. The SMILES string of the molecule is C=N/C=C(\C=C/CCC(O)CCNC)C(C)CC. The minimum Gasteiger partial charge on any atom is -0.393 e. The molecule has 0 radical (unpaired) electrons. The number of nitrogens with one attached hydrogen (secondary N) is 1. The van der Waals surface area contributed by atoms with E-state index in [1.807, 2.05) is 13.2 Å². The number of hydrogen-bond acceptors (Lipinski definition) is 3. The molecular weight excluding hydrogens is 224 g/mol. The second kappa shape index (κ2) is 11.2. The van der Waals surface area contributed by atoms with Gasteiger partial charge in [-0.05, 0) is 57.5 Å². The first kappa shape index (κ1) is 17.1. The van der Waals surface area contributed by atoms with Crippen LogP contribution < -0.4 is 5.32 Å². The molecule has 0 bridgehead atoms. The van der Waals surface area contributed by atoms with Crippen molar-refractivity contribution in [3.8, 4) is 0 Å². The van der Waals surface area contributed by atoms with Crippen LogP contribution in [0.1, 0.15) is 39.5 Å². The number of hydrogen-bond donors (Lipinski definition) is 2. The van der Waals surface area contributed by atoms with Crippen molar-refractivity contribution in [2.24, 2.45) is 10.9 Å². The summed E-state index contributed by atoms with van der Waals surface area (Å²) in [6.07, 6.45) is 9.45. The van der Waals surface area contributed by atoms with Crippen LogP contribution in [-0.2, 0) is 0 Å². The van der Waals surface area contributed by atoms with E-state index in [0.717, 1.165) is 32.2 Å². The number of rotatable bonds is 10. The van der Waals surface area contributed by atoms with Crippen LogP contribution in [-0.4, -0.2) is 31.5 Å². The van der Waals surface area contributed by atoms with E-state index in [1.165, 1.54) is 5.57 Å². The molecule has 0 saturated carbocycles. The molecule has 0 aromatic heterocycles. The van der Waals surface area contributed by atoms with E-state index >= 15 is 0 Å². The third kappa shape index (κ3) is 8.20. The highest BCUT2D eigenvalue weighted by Crippen LogP contribution is 2.16. The Morgan fingerprint density at radius 2 is 2.17 bits per heavy atom. The molecule has 104 valence electrons. The summed E-state index contributed by atoms with van der Waals surface area (Å²) < 4.78 is 0. The lowest BCUT2D eigenvalue weighted by Crippen LogP contribution is -2.16. The van der Waals surface area contributed by atoms with Crippen molar-refractivity contribution in [2.75, 3.05) is 13.6 Å². The van der Waals surface area contributed by atoms with Crippen molar-refractivity contribution < 1.29 is 5.11 Å². The van der Waals surface area contributed by atoms with Crippen molar-refractivity contribution in [3.05, 3.63) is 23.9 Å². The van der Waals surface area contributed by atoms with Crippen molar-refractivity contribution >= 4 is 6.72 Å². The molecule has 0 aliphatic carbocycles. The highest BCUT2D eigenvalue weighted by Gasteiger charge is 2.03. The van der Waals surface area contributed by atoms with E-state index in [2.05, 4.69) is 43.0 Å². The predicted octanol–water partition coefficient (Wildman–Crippen LogP) is 2.92. The largest absolute Gasteiger partial charge is 0.393 e. The molecule has 0 aliphatic rings. The van der Waals surface area contributed by atoms with Gasteiger partial charge in [0.15, 0.2) is 0 Å². The second-order valence-corrected chi connectivity index (χ2v) is 4.65. The molecule has 0 aromatic rings. The van der Waals surface area contributed by atoms with Gasteiger partial charge in [0, 0.05) is 6.20 Å². The van der Waals surface area contributed by atoms with Crippen LogP contribution >= 0.6 is 0 Å². The van der Waals surface area contributed by atoms with Crippen molar-refractivity contribution in [2.45, 2.75) is 45.6 Å². The van der Waals surface area contributed by atoms with Gasteiger partial charge in [-0.25, -0.2) is 0 Å². The Balaban J connectivity index is 4.05. The van der Waals surface area contributed by atoms with Crippen molar-refractivity contribution in [1.82, 2.24) is 5.32 Å². The summed E-state index contributed by atoms with van der Waals surface area (Å²) in [5.74, 6) is 0.501. The molecule has 18 heavy (non-hydrogen) atoms. The van der Waals surface area contributed by atoms with Gasteiger partial charge < -0.3 is 10.4 Å². The summed E-state index contributed by atoms with van der Waals surface area (Å²) in [4.78, 5) is 3.84. The Morgan fingerprint density at radius 3 is 2.72 bits per heavy atom. The molecule has 0 spiro atoms. The summed E-state index contributed by atoms with van der Waals surface area (Å²) in [7, 11) is 1.90. The summed E-state index contributed by atoms with van der Waals surface area (Å²) >= 11 is 0. The Morgan fingerprint density at radius 1 is 1.44 bits per heavy atom. The molecule has 2 atom stereocenters. The molecule has 0 aliphatic heterocycles. The van der Waals surface area contributed by atoms with Crippen LogP contribution in [0.25, 0.3) is 0 Å². The van der Waals surface area contributed by atoms with Crippen LogP contribution in [0.4, 0.5) is 0 Å². The van der Waals surface area contributed by atoms with Crippen LogP contribution in [0, 0.1) is 5.92 Å². The fourth-order valence-corrected chi connectivity index (χ4v) is 1.64. The molecule has 3 nitrogen and oxygen atoms in total. The summed E-state index contributed by atoms with van der Waals surface area (Å²) in [6, 6.07) is 0. The average Bonchev–Trinajstić information content (AvgIpc) is 2.38. The minimum atomic E-state index is -0.212. The van der Waals surface area contributed by atoms with Gasteiger partial charge in [0.05, 0.1) is 6.10 Å². The zero-order chi connectivity index (χ0) is 13.8. The number of aliphatic hydroxyl groups is 1. The first-order chi connectivity index (χ1) is 8.65. The van der Waals surface area contributed by atoms with Crippen LogP contribution in [0.2, 0.25) is 0 Å². The zero-order valence-electron chi connectivity index (χ0n) is 12.0. The summed E-state index contributed by atoms with van der Waals surface area (Å²) in [5, 5.41) is 12.7. The third-order valence-corrected chi connectivity index (χ3v) is 3.13. The molecular formula is C15H28N2O. The van der Waals surface area contributed by atoms with E-state index in [0.29, 0.717) is 5.92 Å². The Bertz CT molecular complexity index is 272. The van der Waals surface area contributed by atoms with E-state index in [4.69, 9.17) is 0 Å². The van der Waals surface area contributed by atoms with Crippen LogP contribution in [0.5, 0.6) is 0 Å². The molecule has 0 saturated heterocycles. The maximum atomic E-state index is 9.69. The molecule has 0 aromatic carbocycles. The van der Waals surface area contributed by atoms with Gasteiger partial charge in [0.25, 0.3) is 0 Å². The second-order valence-electron chi connectivity index (χ2n) is 4.65. The molecule has 3 heteroatoms. The van der Waals surface area contributed by atoms with Gasteiger partial charge in [-0.3, -0.25) is 4.99 Å². The first-order valence-electron chi connectivity index (χ1n) is 6.80. The molecule has 2 unspecified atom stereocenters. The van der Waals surface area contributed by atoms with E-state index in [9.17, 15) is 5.11 Å². The van der Waals surface area contributed by atoms with Gasteiger partial charge in [-0.2, -0.15) is 0 Å². The Labute approximate surface area is 112 Å². The lowest BCUT2D eigenvalue weighted by Gasteiger charge is -2.10. The third-order valence-electron chi connectivity index (χ3n) is 3.13. The van der Waals surface area contributed by atoms with Crippen molar-refractivity contribution in [3.63, 3.8) is 0 Å². The monoisotopic (exact) mass is 252 g/mol. The number of aliphatic imine (C=N–C) groups is 1. The van der Waals surface area contributed by atoms with E-state index in [1.54, 1.807) is 0 Å². The summed E-state index contributed by atoms with van der Waals surface area (Å²) in [5.41, 5.74) is 1.21. The molecule has 0 rings (SSSR count).